The van der Waals surface area contributed by atoms with E-state index in [2.05, 4.69) is 0 Å². The maximum atomic E-state index is 5.92. The minimum Gasteiger partial charge on any atom is -0.378 e. The molecule has 4 fully saturated rings. The van der Waals surface area contributed by atoms with Crippen LogP contribution in [0.1, 0.15) is 12.8 Å². The quantitative estimate of drug-likeness (QED) is 0.476. The molecule has 2 heterocycles. The second-order valence-corrected chi connectivity index (χ2v) is 8.67. The van der Waals surface area contributed by atoms with E-state index in [-0.39, 0.29) is 0 Å². The summed E-state index contributed by atoms with van der Waals surface area (Å²) in [5.41, 5.74) is 1.01. The van der Waals surface area contributed by atoms with Gasteiger partial charge in [0.25, 0.3) is 0 Å². The van der Waals surface area contributed by atoms with Gasteiger partial charge in [-0.3, -0.25) is 0 Å². The predicted molar refractivity (Wildman–Crippen MR) is 78.0 cm³/mol. The smallest absolute Gasteiger partial charge is 0.104 e. The highest BCUT2D eigenvalue weighted by Crippen LogP contribution is 2.57. The number of hydrogen-bond acceptors (Lipinski definition) is 4. The molecule has 2 saturated heterocycles. The molecule has 2 saturated carbocycles. The van der Waals surface area contributed by atoms with E-state index in [9.17, 15) is 0 Å². The summed E-state index contributed by atoms with van der Waals surface area (Å²) in [5.74, 6) is 3.27. The van der Waals surface area contributed by atoms with Crippen molar-refractivity contribution in [2.45, 2.75) is 30.6 Å². The molecule has 0 aromatic heterocycles. The lowest BCUT2D eigenvalue weighted by atomic mass is 9.80. The fourth-order valence-electron chi connectivity index (χ4n) is 4.45. The molecule has 7 atom stereocenters. The Hall–Kier alpha value is 0.0569. The minimum atomic E-state index is 0.390. The summed E-state index contributed by atoms with van der Waals surface area (Å²) >= 11 is 0. The Morgan fingerprint density at radius 1 is 0.850 bits per heavy atom. The predicted octanol–water partition coefficient (Wildman–Crippen LogP) is 0.243. The highest BCUT2D eigenvalue weighted by atomic mass is 28.1. The molecule has 0 amide bonds. The molecule has 5 heteroatoms. The SMILES string of the molecule is [SiH3]C1CC2CC1C(COCC1CO1)C2COCC1CO1. The molecule has 2 aliphatic heterocycles. The molecule has 4 nitrogen and oxygen atoms in total. The van der Waals surface area contributed by atoms with E-state index >= 15 is 0 Å². The second-order valence-electron chi connectivity index (χ2n) is 7.19. The summed E-state index contributed by atoms with van der Waals surface area (Å²) in [4.78, 5) is 0. The van der Waals surface area contributed by atoms with Crippen LogP contribution in [0.5, 0.6) is 0 Å². The van der Waals surface area contributed by atoms with Crippen LogP contribution in [-0.4, -0.2) is 62.1 Å². The lowest BCUT2D eigenvalue weighted by Gasteiger charge is -2.34. The van der Waals surface area contributed by atoms with Crippen LogP contribution < -0.4 is 0 Å². The highest BCUT2D eigenvalue weighted by molar-refractivity contribution is 6.12. The normalized spacial score (nSPS) is 48.9. The van der Waals surface area contributed by atoms with Crippen molar-refractivity contribution in [3.05, 3.63) is 0 Å². The molecular weight excluding hydrogens is 272 g/mol. The Morgan fingerprint density at radius 2 is 1.45 bits per heavy atom. The molecule has 0 spiro atoms. The van der Waals surface area contributed by atoms with Crippen molar-refractivity contribution in [2.75, 3.05) is 39.6 Å². The zero-order valence-corrected chi connectivity index (χ0v) is 14.3. The van der Waals surface area contributed by atoms with Gasteiger partial charge >= 0.3 is 0 Å². The first kappa shape index (κ1) is 13.7. The third kappa shape index (κ3) is 2.97. The highest BCUT2D eigenvalue weighted by Gasteiger charge is 2.50. The maximum Gasteiger partial charge on any atom is 0.104 e. The van der Waals surface area contributed by atoms with Gasteiger partial charge in [-0.05, 0) is 30.1 Å². The van der Waals surface area contributed by atoms with Gasteiger partial charge in [0.05, 0.1) is 39.6 Å². The number of rotatable bonds is 8. The largest absolute Gasteiger partial charge is 0.378 e. The van der Waals surface area contributed by atoms with E-state index in [1.165, 1.54) is 23.1 Å². The average molecular weight is 298 g/mol. The van der Waals surface area contributed by atoms with Gasteiger partial charge in [-0.15, -0.1) is 0 Å². The van der Waals surface area contributed by atoms with Crippen LogP contribution in [-0.2, 0) is 18.9 Å². The summed E-state index contributed by atoms with van der Waals surface area (Å²) in [6.07, 6.45) is 3.66. The second kappa shape index (κ2) is 5.69. The van der Waals surface area contributed by atoms with Gasteiger partial charge in [0.1, 0.15) is 12.2 Å². The summed E-state index contributed by atoms with van der Waals surface area (Å²) in [7, 11) is 1.34. The summed E-state index contributed by atoms with van der Waals surface area (Å²) in [5, 5.41) is 0. The molecule has 4 rings (SSSR count). The maximum absolute atomic E-state index is 5.92. The molecule has 0 aromatic carbocycles. The third-order valence-corrected chi connectivity index (χ3v) is 7.05. The van der Waals surface area contributed by atoms with E-state index < -0.39 is 0 Å². The van der Waals surface area contributed by atoms with Gasteiger partial charge in [0, 0.05) is 10.2 Å². The zero-order valence-electron chi connectivity index (χ0n) is 12.3. The van der Waals surface area contributed by atoms with E-state index in [1.54, 1.807) is 0 Å². The molecule has 7 unspecified atom stereocenters. The first-order valence-electron chi connectivity index (χ1n) is 8.20. The van der Waals surface area contributed by atoms with Crippen molar-refractivity contribution in [1.82, 2.24) is 0 Å². The molecule has 0 N–H and O–H groups in total. The van der Waals surface area contributed by atoms with Crippen molar-refractivity contribution in [2.24, 2.45) is 23.7 Å². The van der Waals surface area contributed by atoms with Gasteiger partial charge in [0.15, 0.2) is 0 Å². The van der Waals surface area contributed by atoms with Crippen molar-refractivity contribution in [3.8, 4) is 0 Å². The van der Waals surface area contributed by atoms with Crippen LogP contribution in [0.15, 0.2) is 0 Å². The Bertz CT molecular complexity index is 345. The topological polar surface area (TPSA) is 43.5 Å². The van der Waals surface area contributed by atoms with E-state index in [1.807, 2.05) is 0 Å². The molecule has 2 aliphatic carbocycles. The average Bonchev–Trinajstić information content (AvgIpc) is 3.33. The van der Waals surface area contributed by atoms with Crippen LogP contribution in [0.3, 0.4) is 0 Å². The van der Waals surface area contributed by atoms with Crippen LogP contribution in [0.25, 0.3) is 0 Å². The van der Waals surface area contributed by atoms with Gasteiger partial charge in [0.2, 0.25) is 0 Å². The molecule has 20 heavy (non-hydrogen) atoms. The molecular formula is C15H26O4Si. The fourth-order valence-corrected chi connectivity index (χ4v) is 5.82. The number of hydrogen-bond donors (Lipinski definition) is 0. The van der Waals surface area contributed by atoms with E-state index in [4.69, 9.17) is 18.9 Å². The monoisotopic (exact) mass is 298 g/mol. The Balaban J connectivity index is 1.28. The Labute approximate surface area is 123 Å². The lowest BCUT2D eigenvalue weighted by molar-refractivity contribution is 0.00333. The minimum absolute atomic E-state index is 0.390. The first-order chi connectivity index (χ1) is 9.81. The fraction of sp³-hybridized carbons (Fsp3) is 1.00. The zero-order chi connectivity index (χ0) is 13.5. The van der Waals surface area contributed by atoms with Gasteiger partial charge in [-0.2, -0.15) is 0 Å². The molecule has 0 aromatic rings. The van der Waals surface area contributed by atoms with Gasteiger partial charge in [-0.1, -0.05) is 12.0 Å². The van der Waals surface area contributed by atoms with Crippen molar-refractivity contribution < 1.29 is 18.9 Å². The van der Waals surface area contributed by atoms with Gasteiger partial charge in [-0.25, -0.2) is 0 Å². The third-order valence-electron chi connectivity index (χ3n) is 5.72. The first-order valence-corrected chi connectivity index (χ1v) is 9.35. The van der Waals surface area contributed by atoms with Crippen molar-refractivity contribution in [3.63, 3.8) is 0 Å². The molecule has 2 bridgehead atoms. The van der Waals surface area contributed by atoms with Gasteiger partial charge < -0.3 is 18.9 Å². The van der Waals surface area contributed by atoms with Crippen LogP contribution in [0.4, 0.5) is 0 Å². The van der Waals surface area contributed by atoms with Crippen LogP contribution >= 0.6 is 0 Å². The Morgan fingerprint density at radius 3 is 2.05 bits per heavy atom. The van der Waals surface area contributed by atoms with Crippen LogP contribution in [0, 0.1) is 23.7 Å². The van der Waals surface area contributed by atoms with Crippen molar-refractivity contribution >= 4 is 10.2 Å². The molecule has 114 valence electrons. The standard InChI is InChI=1S/C15H26O4Si/c20-15-2-9-1-12(15)14(8-17-4-11-6-19-11)13(9)7-16-3-10-5-18-10/h9-15H,1-8H2,20H3. The lowest BCUT2D eigenvalue weighted by Crippen LogP contribution is -2.33. The Kier molecular flexibility index (Phi) is 3.90. The summed E-state index contributed by atoms with van der Waals surface area (Å²) in [6, 6.07) is 0. The van der Waals surface area contributed by atoms with E-state index in [0.717, 1.165) is 68.9 Å². The van der Waals surface area contributed by atoms with Crippen molar-refractivity contribution in [1.29, 1.82) is 0 Å². The number of epoxide rings is 2. The van der Waals surface area contributed by atoms with E-state index in [0.29, 0.717) is 12.2 Å². The summed E-state index contributed by atoms with van der Waals surface area (Å²) < 4.78 is 22.3. The number of fused-ring (bicyclic) bond motifs is 2. The summed E-state index contributed by atoms with van der Waals surface area (Å²) in [6.45, 7) is 5.23. The molecule has 4 aliphatic rings. The molecule has 0 radical (unpaired) electrons. The number of ether oxygens (including phenoxy) is 4. The van der Waals surface area contributed by atoms with Crippen LogP contribution in [0.2, 0.25) is 5.54 Å².